The van der Waals surface area contributed by atoms with Gasteiger partial charge in [0.2, 0.25) is 0 Å². The molecule has 0 amide bonds. The van der Waals surface area contributed by atoms with E-state index in [-0.39, 0.29) is 0 Å². The maximum absolute atomic E-state index is 3.77. The third-order valence-corrected chi connectivity index (χ3v) is 1.05. The van der Waals surface area contributed by atoms with Gasteiger partial charge in [-0.3, -0.25) is 5.10 Å². The Morgan fingerprint density at radius 3 is 2.89 bits per heavy atom. The summed E-state index contributed by atoms with van der Waals surface area (Å²) in [6.45, 7) is 7.25. The standard InChI is InChI=1S/C7H8N2/c1-3-4-7-5-8-9-6(7)2/h3-5,9H,1-2H2/b7-4-. The normalized spacial score (nSPS) is 11.8. The van der Waals surface area contributed by atoms with Gasteiger partial charge in [-0.2, -0.15) is 5.10 Å². The third kappa shape index (κ3) is 1.08. The van der Waals surface area contributed by atoms with E-state index in [1.807, 2.05) is 6.08 Å². The summed E-state index contributed by atoms with van der Waals surface area (Å²) in [6, 6.07) is 0. The highest BCUT2D eigenvalue weighted by Crippen LogP contribution is 1.60. The summed E-state index contributed by atoms with van der Waals surface area (Å²) in [7, 11) is 0. The topological polar surface area (TPSA) is 28.7 Å². The van der Waals surface area contributed by atoms with Crippen molar-refractivity contribution in [3.8, 4) is 0 Å². The van der Waals surface area contributed by atoms with E-state index in [1.165, 1.54) is 0 Å². The number of nitrogens with one attached hydrogen (secondary N) is 1. The zero-order valence-electron chi connectivity index (χ0n) is 5.09. The monoisotopic (exact) mass is 120 g/mol. The molecule has 0 radical (unpaired) electrons. The van der Waals surface area contributed by atoms with Crippen molar-refractivity contribution in [1.29, 1.82) is 0 Å². The van der Waals surface area contributed by atoms with Crippen LogP contribution in [0.5, 0.6) is 0 Å². The van der Waals surface area contributed by atoms with Gasteiger partial charge >= 0.3 is 0 Å². The van der Waals surface area contributed by atoms with Crippen molar-refractivity contribution in [2.75, 3.05) is 0 Å². The van der Waals surface area contributed by atoms with Crippen LogP contribution in [0.15, 0.2) is 18.9 Å². The van der Waals surface area contributed by atoms with Crippen LogP contribution >= 0.6 is 0 Å². The number of aromatic amines is 1. The number of hydrogen-bond acceptors (Lipinski definition) is 1. The molecule has 0 atom stereocenters. The molecular formula is C7H8N2. The van der Waals surface area contributed by atoms with Gasteiger partial charge in [-0.15, -0.1) is 0 Å². The van der Waals surface area contributed by atoms with Gasteiger partial charge in [-0.25, -0.2) is 0 Å². The van der Waals surface area contributed by atoms with Crippen LogP contribution in [0.25, 0.3) is 12.7 Å². The molecule has 0 aliphatic heterocycles. The summed E-state index contributed by atoms with van der Waals surface area (Å²) in [5.41, 5.74) is 0. The molecule has 1 heterocycles. The second-order valence-corrected chi connectivity index (χ2v) is 1.71. The SMILES string of the molecule is C=C/C=c1/cn[nH]c1=C. The molecule has 0 aliphatic carbocycles. The second kappa shape index (κ2) is 2.31. The average molecular weight is 120 g/mol. The van der Waals surface area contributed by atoms with Crippen LogP contribution in [0.4, 0.5) is 0 Å². The first-order valence-corrected chi connectivity index (χ1v) is 2.65. The van der Waals surface area contributed by atoms with Gasteiger partial charge in [0.05, 0.1) is 11.5 Å². The number of nitrogens with zero attached hydrogens (tertiary/aromatic N) is 1. The van der Waals surface area contributed by atoms with E-state index >= 15 is 0 Å². The number of allylic oxidation sites excluding steroid dienone is 1. The van der Waals surface area contributed by atoms with Crippen molar-refractivity contribution < 1.29 is 0 Å². The van der Waals surface area contributed by atoms with E-state index in [0.717, 1.165) is 10.6 Å². The van der Waals surface area contributed by atoms with Crippen molar-refractivity contribution in [2.24, 2.45) is 0 Å². The summed E-state index contributed by atoms with van der Waals surface area (Å²) in [5.74, 6) is 0. The van der Waals surface area contributed by atoms with Crippen LogP contribution in [0.1, 0.15) is 0 Å². The minimum absolute atomic E-state index is 0.829. The van der Waals surface area contributed by atoms with E-state index in [1.54, 1.807) is 12.3 Å². The molecule has 0 spiro atoms. The average Bonchev–Trinajstić information content (AvgIpc) is 2.18. The highest BCUT2D eigenvalue weighted by molar-refractivity contribution is 5.33. The Bertz CT molecular complexity index is 295. The lowest BCUT2D eigenvalue weighted by Crippen LogP contribution is -2.19. The van der Waals surface area contributed by atoms with Crippen molar-refractivity contribution in [2.45, 2.75) is 0 Å². The van der Waals surface area contributed by atoms with E-state index in [2.05, 4.69) is 23.4 Å². The molecule has 0 bridgehead atoms. The maximum Gasteiger partial charge on any atom is 0.0578 e. The highest BCUT2D eigenvalue weighted by atomic mass is 15.1. The molecule has 0 aromatic carbocycles. The summed E-state index contributed by atoms with van der Waals surface area (Å²) >= 11 is 0. The molecule has 2 heteroatoms. The van der Waals surface area contributed by atoms with Crippen molar-refractivity contribution in [3.63, 3.8) is 0 Å². The first kappa shape index (κ1) is 5.82. The number of hydrogen-bond donors (Lipinski definition) is 1. The lowest BCUT2D eigenvalue weighted by molar-refractivity contribution is 1.06. The summed E-state index contributed by atoms with van der Waals surface area (Å²) in [6.07, 6.45) is 5.27. The Morgan fingerprint density at radius 1 is 1.67 bits per heavy atom. The highest BCUT2D eigenvalue weighted by Gasteiger charge is 1.77. The number of aromatic nitrogens is 2. The molecule has 9 heavy (non-hydrogen) atoms. The van der Waals surface area contributed by atoms with E-state index in [0.29, 0.717) is 0 Å². The van der Waals surface area contributed by atoms with Crippen LogP contribution in [0.3, 0.4) is 0 Å². The van der Waals surface area contributed by atoms with Crippen LogP contribution in [-0.2, 0) is 0 Å². The molecule has 1 aromatic rings. The molecule has 0 saturated carbocycles. The molecule has 2 nitrogen and oxygen atoms in total. The minimum Gasteiger partial charge on any atom is -0.278 e. The van der Waals surface area contributed by atoms with Crippen molar-refractivity contribution in [1.82, 2.24) is 10.2 Å². The summed E-state index contributed by atoms with van der Waals surface area (Å²) in [4.78, 5) is 0. The maximum atomic E-state index is 3.77. The lowest BCUT2D eigenvalue weighted by atomic mass is 10.4. The molecule has 0 saturated heterocycles. The zero-order chi connectivity index (χ0) is 6.69. The van der Waals surface area contributed by atoms with Gasteiger partial charge < -0.3 is 0 Å². The molecule has 1 aromatic heterocycles. The van der Waals surface area contributed by atoms with E-state index < -0.39 is 0 Å². The van der Waals surface area contributed by atoms with Gasteiger partial charge in [0, 0.05) is 5.22 Å². The van der Waals surface area contributed by atoms with Gasteiger partial charge in [-0.05, 0) is 0 Å². The van der Waals surface area contributed by atoms with Crippen LogP contribution in [0.2, 0.25) is 0 Å². The van der Waals surface area contributed by atoms with Crippen LogP contribution in [-0.4, -0.2) is 10.2 Å². The van der Waals surface area contributed by atoms with E-state index in [4.69, 9.17) is 0 Å². The van der Waals surface area contributed by atoms with Crippen molar-refractivity contribution in [3.05, 3.63) is 29.4 Å². The van der Waals surface area contributed by atoms with Gasteiger partial charge in [0.15, 0.2) is 0 Å². The predicted molar refractivity (Wildman–Crippen MR) is 38.0 cm³/mol. The van der Waals surface area contributed by atoms with Crippen LogP contribution < -0.4 is 10.6 Å². The molecule has 0 aliphatic rings. The Morgan fingerprint density at radius 2 is 2.44 bits per heavy atom. The number of H-pyrrole nitrogens is 1. The Labute approximate surface area is 53.2 Å². The Hall–Kier alpha value is -1.31. The van der Waals surface area contributed by atoms with E-state index in [9.17, 15) is 0 Å². The third-order valence-electron chi connectivity index (χ3n) is 1.05. The fraction of sp³-hybridized carbons (Fsp3) is 0. The zero-order valence-corrected chi connectivity index (χ0v) is 5.09. The molecule has 46 valence electrons. The van der Waals surface area contributed by atoms with Gasteiger partial charge in [0.25, 0.3) is 0 Å². The Balaban J connectivity index is 3.39. The Kier molecular flexibility index (Phi) is 1.49. The van der Waals surface area contributed by atoms with Crippen molar-refractivity contribution >= 4 is 12.7 Å². The molecule has 1 N–H and O–H groups in total. The molecule has 1 rings (SSSR count). The first-order valence-electron chi connectivity index (χ1n) is 2.65. The molecular weight excluding hydrogens is 112 g/mol. The van der Waals surface area contributed by atoms with Gasteiger partial charge in [-0.1, -0.05) is 25.3 Å². The summed E-state index contributed by atoms with van der Waals surface area (Å²) < 4.78 is 0. The smallest absolute Gasteiger partial charge is 0.0578 e. The lowest BCUT2D eigenvalue weighted by Gasteiger charge is -1.67. The number of rotatable bonds is 1. The molecule has 0 unspecified atom stereocenters. The van der Waals surface area contributed by atoms with Crippen LogP contribution in [0, 0.1) is 0 Å². The minimum atomic E-state index is 0.829. The predicted octanol–water partition coefficient (Wildman–Crippen LogP) is -0.213. The fourth-order valence-corrected chi connectivity index (χ4v) is 0.593. The fourth-order valence-electron chi connectivity index (χ4n) is 0.593. The second-order valence-electron chi connectivity index (χ2n) is 1.71. The van der Waals surface area contributed by atoms with Gasteiger partial charge in [0.1, 0.15) is 0 Å². The summed E-state index contributed by atoms with van der Waals surface area (Å²) in [5, 5.41) is 8.31. The quantitative estimate of drug-likeness (QED) is 0.545. The first-order chi connectivity index (χ1) is 4.34. The molecule has 0 fully saturated rings. The largest absolute Gasteiger partial charge is 0.278 e.